The van der Waals surface area contributed by atoms with Gasteiger partial charge < -0.3 is 11.1 Å². The lowest BCUT2D eigenvalue weighted by Crippen LogP contribution is -2.44. The highest BCUT2D eigenvalue weighted by Crippen LogP contribution is 1.82. The molecule has 5 heteroatoms. The first kappa shape index (κ1) is 12.5. The molecule has 0 aliphatic rings. The van der Waals surface area contributed by atoms with Crippen molar-refractivity contribution >= 4 is 11.9 Å². The number of hydrogen-bond donors (Lipinski definition) is 4. The molecule has 0 fully saturated rings. The van der Waals surface area contributed by atoms with E-state index >= 15 is 0 Å². The van der Waals surface area contributed by atoms with Gasteiger partial charge in [-0.3, -0.25) is 10.7 Å². The van der Waals surface area contributed by atoms with Crippen LogP contribution in [0.5, 0.6) is 0 Å². The number of unbranched alkanes of at least 4 members (excludes halogenated alkanes) is 1. The third kappa shape index (κ3) is 7.15. The summed E-state index contributed by atoms with van der Waals surface area (Å²) < 4.78 is 0. The molecule has 0 radical (unpaired) electrons. The molecule has 80 valence electrons. The smallest absolute Gasteiger partial charge is 0.198 e. The van der Waals surface area contributed by atoms with Gasteiger partial charge in [-0.1, -0.05) is 19.4 Å². The van der Waals surface area contributed by atoms with Gasteiger partial charge in [0.2, 0.25) is 0 Å². The molecule has 0 spiro atoms. The third-order valence-corrected chi connectivity index (χ3v) is 1.45. The first-order valence-corrected chi connectivity index (χ1v) is 4.71. The van der Waals surface area contributed by atoms with E-state index in [4.69, 9.17) is 11.1 Å². The molecule has 0 saturated heterocycles. The van der Waals surface area contributed by atoms with Crippen molar-refractivity contribution in [3.8, 4) is 0 Å². The molecule has 0 rings (SSSR count). The van der Waals surface area contributed by atoms with Crippen molar-refractivity contribution in [1.82, 2.24) is 10.6 Å². The normalized spacial score (nSPS) is 10.8. The van der Waals surface area contributed by atoms with Crippen molar-refractivity contribution in [2.45, 2.75) is 19.8 Å². The Balaban J connectivity index is 3.96. The summed E-state index contributed by atoms with van der Waals surface area (Å²) in [6, 6.07) is 0. The Morgan fingerprint density at radius 3 is 2.86 bits per heavy atom. The predicted octanol–water partition coefficient (Wildman–Crippen LogP) is 0.401. The Morgan fingerprint density at radius 1 is 1.64 bits per heavy atom. The van der Waals surface area contributed by atoms with Crippen molar-refractivity contribution in [3.05, 3.63) is 12.7 Å². The monoisotopic (exact) mass is 197 g/mol. The van der Waals surface area contributed by atoms with E-state index in [-0.39, 0.29) is 5.96 Å². The third-order valence-electron chi connectivity index (χ3n) is 1.45. The van der Waals surface area contributed by atoms with Crippen LogP contribution < -0.4 is 16.4 Å². The lowest BCUT2D eigenvalue weighted by Gasteiger charge is -2.09. The standard InChI is InChI=1S/C9H19N5/c1-3-5-7-13-9(12-6-4-2)14-8(10)11/h4H,2-3,5-7H2,1H3,(H5,10,11,12,13,14). The molecule has 0 aromatic rings. The molecule has 0 amide bonds. The Labute approximate surface area is 85.0 Å². The molecular weight excluding hydrogens is 178 g/mol. The maximum Gasteiger partial charge on any atom is 0.198 e. The molecular formula is C9H19N5. The molecule has 0 atom stereocenters. The Bertz CT molecular complexity index is 209. The lowest BCUT2D eigenvalue weighted by atomic mass is 10.3. The van der Waals surface area contributed by atoms with Crippen LogP contribution in [0.4, 0.5) is 0 Å². The second-order valence-electron chi connectivity index (χ2n) is 2.80. The van der Waals surface area contributed by atoms with Gasteiger partial charge in [0.15, 0.2) is 11.9 Å². The summed E-state index contributed by atoms with van der Waals surface area (Å²) in [5.41, 5.74) is 5.19. The Morgan fingerprint density at radius 2 is 2.36 bits per heavy atom. The summed E-state index contributed by atoms with van der Waals surface area (Å²) in [5.74, 6) is 0.419. The van der Waals surface area contributed by atoms with Crippen LogP contribution in [0.15, 0.2) is 17.6 Å². The van der Waals surface area contributed by atoms with Crippen LogP contribution >= 0.6 is 0 Å². The summed E-state index contributed by atoms with van der Waals surface area (Å²) in [4.78, 5) is 4.11. The van der Waals surface area contributed by atoms with Crippen molar-refractivity contribution in [1.29, 1.82) is 5.41 Å². The summed E-state index contributed by atoms with van der Waals surface area (Å²) in [7, 11) is 0. The average molecular weight is 197 g/mol. The van der Waals surface area contributed by atoms with E-state index in [2.05, 4.69) is 29.1 Å². The van der Waals surface area contributed by atoms with Gasteiger partial charge in [-0.25, -0.2) is 4.99 Å². The van der Waals surface area contributed by atoms with Crippen LogP contribution in [0.25, 0.3) is 0 Å². The molecule has 0 aromatic carbocycles. The minimum atomic E-state index is -0.114. The molecule has 0 heterocycles. The maximum atomic E-state index is 7.06. The Kier molecular flexibility index (Phi) is 7.22. The van der Waals surface area contributed by atoms with Crippen molar-refractivity contribution in [2.75, 3.05) is 13.1 Å². The number of hydrogen-bond acceptors (Lipinski definition) is 2. The second-order valence-corrected chi connectivity index (χ2v) is 2.80. The van der Waals surface area contributed by atoms with E-state index < -0.39 is 0 Å². The SMILES string of the molecule is C=CC/N=C(\NCCCC)NC(=N)N. The van der Waals surface area contributed by atoms with E-state index in [9.17, 15) is 0 Å². The van der Waals surface area contributed by atoms with Crippen LogP contribution in [0.1, 0.15) is 19.8 Å². The van der Waals surface area contributed by atoms with Gasteiger partial charge in [-0.2, -0.15) is 0 Å². The molecule has 0 aliphatic heterocycles. The first-order valence-electron chi connectivity index (χ1n) is 4.71. The number of guanidine groups is 2. The van der Waals surface area contributed by atoms with Crippen LogP contribution in [0.2, 0.25) is 0 Å². The first-order chi connectivity index (χ1) is 6.70. The quantitative estimate of drug-likeness (QED) is 0.223. The van der Waals surface area contributed by atoms with Gasteiger partial charge in [0, 0.05) is 6.54 Å². The molecule has 14 heavy (non-hydrogen) atoms. The second kappa shape index (κ2) is 8.10. The maximum absolute atomic E-state index is 7.06. The molecule has 0 aromatic heterocycles. The van der Waals surface area contributed by atoms with Gasteiger partial charge in [0.25, 0.3) is 0 Å². The van der Waals surface area contributed by atoms with E-state index in [1.165, 1.54) is 0 Å². The zero-order valence-corrected chi connectivity index (χ0v) is 8.64. The number of nitrogens with zero attached hydrogens (tertiary/aromatic N) is 1. The van der Waals surface area contributed by atoms with E-state index in [0.29, 0.717) is 12.5 Å². The molecule has 5 nitrogen and oxygen atoms in total. The van der Waals surface area contributed by atoms with Crippen LogP contribution in [0, 0.1) is 5.41 Å². The predicted molar refractivity (Wildman–Crippen MR) is 60.5 cm³/mol. The summed E-state index contributed by atoms with van der Waals surface area (Å²) in [6.45, 7) is 7.01. The summed E-state index contributed by atoms with van der Waals surface area (Å²) in [6.07, 6.45) is 3.86. The highest BCUT2D eigenvalue weighted by Gasteiger charge is 1.96. The minimum absolute atomic E-state index is 0.114. The van der Waals surface area contributed by atoms with Gasteiger partial charge in [-0.05, 0) is 6.42 Å². The fourth-order valence-corrected chi connectivity index (χ4v) is 0.807. The minimum Gasteiger partial charge on any atom is -0.370 e. The highest BCUT2D eigenvalue weighted by atomic mass is 15.2. The number of nitrogens with one attached hydrogen (secondary N) is 3. The van der Waals surface area contributed by atoms with E-state index in [1.807, 2.05) is 0 Å². The van der Waals surface area contributed by atoms with Crippen LogP contribution in [0.3, 0.4) is 0 Å². The fourth-order valence-electron chi connectivity index (χ4n) is 0.807. The average Bonchev–Trinajstić information content (AvgIpc) is 2.13. The summed E-state index contributed by atoms with van der Waals surface area (Å²) >= 11 is 0. The van der Waals surface area contributed by atoms with Crippen LogP contribution in [-0.2, 0) is 0 Å². The van der Waals surface area contributed by atoms with Gasteiger partial charge >= 0.3 is 0 Å². The highest BCUT2D eigenvalue weighted by molar-refractivity contribution is 5.96. The number of nitrogens with two attached hydrogens (primary N) is 1. The fraction of sp³-hybridized carbons (Fsp3) is 0.556. The largest absolute Gasteiger partial charge is 0.370 e. The van der Waals surface area contributed by atoms with Gasteiger partial charge in [0.1, 0.15) is 0 Å². The number of aliphatic imine (C=N–C) groups is 1. The van der Waals surface area contributed by atoms with Gasteiger partial charge in [-0.15, -0.1) is 6.58 Å². The van der Waals surface area contributed by atoms with Crippen molar-refractivity contribution in [3.63, 3.8) is 0 Å². The molecule has 0 saturated carbocycles. The zero-order chi connectivity index (χ0) is 10.8. The Hall–Kier alpha value is -1.52. The van der Waals surface area contributed by atoms with Crippen molar-refractivity contribution in [2.24, 2.45) is 10.7 Å². The molecule has 0 aliphatic carbocycles. The number of rotatable bonds is 5. The zero-order valence-electron chi connectivity index (χ0n) is 8.64. The van der Waals surface area contributed by atoms with Crippen LogP contribution in [-0.4, -0.2) is 25.0 Å². The molecule has 0 bridgehead atoms. The van der Waals surface area contributed by atoms with E-state index in [0.717, 1.165) is 19.4 Å². The summed E-state index contributed by atoms with van der Waals surface area (Å²) in [5, 5.41) is 12.7. The van der Waals surface area contributed by atoms with Gasteiger partial charge in [0.05, 0.1) is 6.54 Å². The molecule has 5 N–H and O–H groups in total. The van der Waals surface area contributed by atoms with E-state index in [1.54, 1.807) is 6.08 Å². The lowest BCUT2D eigenvalue weighted by molar-refractivity contribution is 0.744. The van der Waals surface area contributed by atoms with Crippen molar-refractivity contribution < 1.29 is 0 Å². The molecule has 0 unspecified atom stereocenters. The topological polar surface area (TPSA) is 86.3 Å².